The third kappa shape index (κ3) is 3.53. The van der Waals surface area contributed by atoms with Gasteiger partial charge in [-0.3, -0.25) is 14.5 Å². The largest absolute Gasteiger partial charge is 0.437 e. The summed E-state index contributed by atoms with van der Waals surface area (Å²) in [6, 6.07) is 48.1. The molecule has 0 bridgehead atoms. The Hall–Kier alpha value is -5.26. The van der Waals surface area contributed by atoms with Crippen molar-refractivity contribution in [2.24, 2.45) is 0 Å². The van der Waals surface area contributed by atoms with E-state index in [9.17, 15) is 0 Å². The summed E-state index contributed by atoms with van der Waals surface area (Å²) < 4.78 is 8.58. The van der Waals surface area contributed by atoms with Gasteiger partial charge in [0.25, 0.3) is 0 Å². The predicted molar refractivity (Wildman–Crippen MR) is 170 cm³/mol. The van der Waals surface area contributed by atoms with Crippen molar-refractivity contribution in [1.29, 1.82) is 0 Å². The number of benzene rings is 4. The Kier molecular flexibility index (Phi) is 5.43. The molecule has 0 spiro atoms. The molecule has 8 rings (SSSR count). The number of furan rings is 1. The minimum Gasteiger partial charge on any atom is -0.437 e. The maximum absolute atomic E-state index is 6.40. The van der Waals surface area contributed by atoms with Gasteiger partial charge in [0.2, 0.25) is 5.71 Å². The van der Waals surface area contributed by atoms with Crippen LogP contribution in [-0.2, 0) is 0 Å². The molecule has 5 heteroatoms. The van der Waals surface area contributed by atoms with Gasteiger partial charge in [-0.05, 0) is 51.1 Å². The maximum Gasteiger partial charge on any atom is 0.215 e. The number of fused-ring (bicyclic) bond motifs is 5. The molecule has 41 heavy (non-hydrogen) atoms. The van der Waals surface area contributed by atoms with Crippen molar-refractivity contribution >= 4 is 61.9 Å². The van der Waals surface area contributed by atoms with Crippen LogP contribution in [0.4, 0.5) is 0 Å². The monoisotopic (exact) mass is 543 g/mol. The Morgan fingerprint density at radius 2 is 1.15 bits per heavy atom. The number of hydrogen-bond acceptors (Lipinski definition) is 3. The van der Waals surface area contributed by atoms with Crippen LogP contribution in [0.3, 0.4) is 0 Å². The lowest BCUT2D eigenvalue weighted by molar-refractivity contribution is 0.643. The minimum atomic E-state index is -2.59. The van der Waals surface area contributed by atoms with E-state index < -0.39 is 8.07 Å². The van der Waals surface area contributed by atoms with Gasteiger partial charge in [0.05, 0.1) is 17.1 Å². The highest BCUT2D eigenvalue weighted by atomic mass is 28.3. The van der Waals surface area contributed by atoms with Gasteiger partial charge in [-0.25, -0.2) is 0 Å². The molecule has 4 nitrogen and oxygen atoms in total. The fourth-order valence-electron chi connectivity index (χ4n) is 6.39. The van der Waals surface area contributed by atoms with Gasteiger partial charge < -0.3 is 4.42 Å². The predicted octanol–water partition coefficient (Wildman–Crippen LogP) is 5.70. The SMILES string of the molecule is c1ccc([Si](c2ccccc2)(c2ccccc2)c2ccc(-n3c4cccnc4c4c5ccncc5oc43)cc2)cc1. The van der Waals surface area contributed by atoms with Crippen molar-refractivity contribution in [3.05, 3.63) is 152 Å². The van der Waals surface area contributed by atoms with E-state index in [2.05, 4.69) is 131 Å². The quantitative estimate of drug-likeness (QED) is 0.207. The first-order valence-electron chi connectivity index (χ1n) is 13.7. The van der Waals surface area contributed by atoms with Crippen molar-refractivity contribution < 1.29 is 4.42 Å². The topological polar surface area (TPSA) is 43.9 Å². The molecule has 8 aromatic rings. The first kappa shape index (κ1) is 23.6. The van der Waals surface area contributed by atoms with E-state index in [0.29, 0.717) is 0 Å². The van der Waals surface area contributed by atoms with E-state index in [0.717, 1.165) is 38.8 Å². The lowest BCUT2D eigenvalue weighted by atomic mass is 10.2. The Morgan fingerprint density at radius 3 is 1.76 bits per heavy atom. The van der Waals surface area contributed by atoms with Gasteiger partial charge in [-0.2, -0.15) is 0 Å². The summed E-state index contributed by atoms with van der Waals surface area (Å²) >= 11 is 0. The van der Waals surface area contributed by atoms with Gasteiger partial charge in [0.15, 0.2) is 13.7 Å². The van der Waals surface area contributed by atoms with Gasteiger partial charge >= 0.3 is 0 Å². The molecule has 0 radical (unpaired) electrons. The Balaban J connectivity index is 1.39. The molecule has 0 unspecified atom stereocenters. The first-order chi connectivity index (χ1) is 20.4. The van der Waals surface area contributed by atoms with E-state index in [1.165, 1.54) is 20.7 Å². The molecule has 0 aliphatic rings. The highest BCUT2D eigenvalue weighted by Crippen LogP contribution is 2.37. The molecule has 4 aromatic heterocycles. The zero-order chi connectivity index (χ0) is 27.2. The molecule has 0 saturated carbocycles. The molecular formula is C36H25N3OSi. The molecule has 0 aliphatic heterocycles. The Labute approximate surface area is 238 Å². The number of aromatic nitrogens is 3. The molecule has 0 aliphatic carbocycles. The zero-order valence-electron chi connectivity index (χ0n) is 22.2. The highest BCUT2D eigenvalue weighted by Gasteiger charge is 2.41. The van der Waals surface area contributed by atoms with Crippen molar-refractivity contribution in [3.8, 4) is 5.69 Å². The highest BCUT2D eigenvalue weighted by molar-refractivity contribution is 7.19. The van der Waals surface area contributed by atoms with E-state index in [-0.39, 0.29) is 0 Å². The summed E-state index contributed by atoms with van der Waals surface area (Å²) in [5.41, 5.74) is 4.53. The van der Waals surface area contributed by atoms with Gasteiger partial charge in [-0.15, -0.1) is 0 Å². The summed E-state index contributed by atoms with van der Waals surface area (Å²) in [6.45, 7) is 0. The van der Waals surface area contributed by atoms with E-state index in [1.807, 2.05) is 18.3 Å². The summed E-state index contributed by atoms with van der Waals surface area (Å²) in [5.74, 6) is 0. The maximum atomic E-state index is 6.40. The second kappa shape index (κ2) is 9.43. The number of hydrogen-bond donors (Lipinski definition) is 0. The van der Waals surface area contributed by atoms with E-state index in [1.54, 1.807) is 12.4 Å². The zero-order valence-corrected chi connectivity index (χ0v) is 23.2. The van der Waals surface area contributed by atoms with Crippen LogP contribution in [0.2, 0.25) is 0 Å². The lowest BCUT2D eigenvalue weighted by Crippen LogP contribution is -2.74. The molecule has 0 atom stereocenters. The average Bonchev–Trinajstić information content (AvgIpc) is 3.58. The van der Waals surface area contributed by atoms with Gasteiger partial charge in [0, 0.05) is 23.5 Å². The van der Waals surface area contributed by atoms with Crippen molar-refractivity contribution in [3.63, 3.8) is 0 Å². The van der Waals surface area contributed by atoms with Crippen LogP contribution >= 0.6 is 0 Å². The molecule has 4 heterocycles. The molecule has 0 N–H and O–H groups in total. The summed E-state index contributed by atoms with van der Waals surface area (Å²) in [4.78, 5) is 9.04. The minimum absolute atomic E-state index is 0.763. The smallest absolute Gasteiger partial charge is 0.215 e. The first-order valence-corrected chi connectivity index (χ1v) is 15.7. The molecular weight excluding hydrogens is 519 g/mol. The van der Waals surface area contributed by atoms with Crippen LogP contribution in [0.1, 0.15) is 0 Å². The second-order valence-electron chi connectivity index (χ2n) is 10.3. The summed E-state index contributed by atoms with van der Waals surface area (Å²) in [5, 5.41) is 7.43. The third-order valence-electron chi connectivity index (χ3n) is 8.12. The van der Waals surface area contributed by atoms with Crippen molar-refractivity contribution in [2.45, 2.75) is 0 Å². The fourth-order valence-corrected chi connectivity index (χ4v) is 11.1. The van der Waals surface area contributed by atoms with Crippen molar-refractivity contribution in [2.75, 3.05) is 0 Å². The van der Waals surface area contributed by atoms with Crippen LogP contribution in [0, 0.1) is 0 Å². The van der Waals surface area contributed by atoms with Crippen LogP contribution in [0.5, 0.6) is 0 Å². The number of pyridine rings is 2. The normalized spacial score (nSPS) is 11.9. The number of nitrogens with zero attached hydrogens (tertiary/aromatic N) is 3. The van der Waals surface area contributed by atoms with Crippen LogP contribution < -0.4 is 20.7 Å². The standard InChI is InChI=1S/C36H25N3OSi/c1-4-11-27(12-5-1)41(28-13-6-2-7-14-28,29-15-8-3-9-16-29)30-20-18-26(19-21-30)39-32-17-10-23-38-35(32)34-31-22-24-37-25-33(31)40-36(34)39/h1-25H. The lowest BCUT2D eigenvalue weighted by Gasteiger charge is -2.34. The van der Waals surface area contributed by atoms with Crippen LogP contribution in [-0.4, -0.2) is 22.6 Å². The fraction of sp³-hybridized carbons (Fsp3) is 0. The van der Waals surface area contributed by atoms with E-state index in [4.69, 9.17) is 9.40 Å². The summed E-state index contributed by atoms with van der Waals surface area (Å²) in [6.07, 6.45) is 5.42. The van der Waals surface area contributed by atoms with Crippen LogP contribution in [0.15, 0.2) is 156 Å². The van der Waals surface area contributed by atoms with Crippen molar-refractivity contribution in [1.82, 2.24) is 14.5 Å². The van der Waals surface area contributed by atoms with E-state index >= 15 is 0 Å². The van der Waals surface area contributed by atoms with Gasteiger partial charge in [0.1, 0.15) is 5.52 Å². The number of rotatable bonds is 5. The summed E-state index contributed by atoms with van der Waals surface area (Å²) in [7, 11) is -2.59. The van der Waals surface area contributed by atoms with Gasteiger partial charge in [-0.1, -0.05) is 103 Å². The molecule has 194 valence electrons. The molecule has 0 saturated heterocycles. The molecule has 0 fully saturated rings. The second-order valence-corrected chi connectivity index (χ2v) is 14.1. The van der Waals surface area contributed by atoms with Crippen LogP contribution in [0.25, 0.3) is 38.8 Å². The molecule has 0 amide bonds. The molecule has 4 aromatic carbocycles. The third-order valence-corrected chi connectivity index (χ3v) is 12.9. The Bertz CT molecular complexity index is 2040. The average molecular weight is 544 g/mol. The Morgan fingerprint density at radius 1 is 0.561 bits per heavy atom.